The number of aromatic nitrogens is 1. The molecule has 1 aliphatic rings. The number of ether oxygens (including phenoxy) is 2. The molecule has 1 aromatic heterocycles. The number of hydrogen-bond donors (Lipinski definition) is 2. The lowest BCUT2D eigenvalue weighted by Gasteiger charge is -2.34. The molecule has 3 aromatic carbocycles. The number of para-hydroxylation sites is 1. The lowest BCUT2D eigenvalue weighted by atomic mass is 10.1. The highest BCUT2D eigenvalue weighted by Crippen LogP contribution is 2.22. The van der Waals surface area contributed by atoms with Crippen molar-refractivity contribution in [3.05, 3.63) is 95.7 Å². The van der Waals surface area contributed by atoms with Crippen LogP contribution in [-0.2, 0) is 17.7 Å². The van der Waals surface area contributed by atoms with Gasteiger partial charge in [-0.25, -0.2) is 4.79 Å². The summed E-state index contributed by atoms with van der Waals surface area (Å²) in [5.74, 6) is 1.69. The zero-order valence-corrected chi connectivity index (χ0v) is 22.0. The smallest absolute Gasteiger partial charge is 0.407 e. The van der Waals surface area contributed by atoms with Crippen LogP contribution in [0.15, 0.2) is 79.0 Å². The number of nitrogens with zero attached hydrogens (tertiary/aromatic N) is 2. The van der Waals surface area contributed by atoms with Gasteiger partial charge in [-0.15, -0.1) is 0 Å². The average Bonchev–Trinajstić information content (AvgIpc) is 3.33. The lowest BCUT2D eigenvalue weighted by Crippen LogP contribution is -2.47. The summed E-state index contributed by atoms with van der Waals surface area (Å²) in [7, 11) is 0. The Balaban J connectivity index is 0.955. The summed E-state index contributed by atoms with van der Waals surface area (Å²) in [6.45, 7) is 8.67. The standard InChI is InChI=1S/C31H36N4O3/c1-24-7-12-30-29(21-24)26(22-33-30)13-14-32-31(36)37-20-19-34-15-17-35(18-16-34)23-25-8-10-28(11-9-25)38-27-5-3-2-4-6-27/h2-12,21-22,33H,13-20,23H2,1H3,(H,32,36). The first-order valence-corrected chi connectivity index (χ1v) is 13.4. The van der Waals surface area contributed by atoms with Crippen LogP contribution in [0.1, 0.15) is 16.7 Å². The molecule has 0 unspecified atom stereocenters. The van der Waals surface area contributed by atoms with Gasteiger partial charge in [0.2, 0.25) is 0 Å². The number of fused-ring (bicyclic) bond motifs is 1. The summed E-state index contributed by atoms with van der Waals surface area (Å²) >= 11 is 0. The van der Waals surface area contributed by atoms with Crippen LogP contribution in [0.3, 0.4) is 0 Å². The fraction of sp³-hybridized carbons (Fsp3) is 0.323. The summed E-state index contributed by atoms with van der Waals surface area (Å²) in [5, 5.41) is 4.10. The molecular formula is C31H36N4O3. The number of H-pyrrole nitrogens is 1. The van der Waals surface area contributed by atoms with Crippen molar-refractivity contribution in [1.82, 2.24) is 20.1 Å². The quantitative estimate of drug-likeness (QED) is 0.300. The molecule has 198 valence electrons. The second-order valence-electron chi connectivity index (χ2n) is 9.85. The molecule has 7 nitrogen and oxygen atoms in total. The Kier molecular flexibility index (Phi) is 8.58. The maximum Gasteiger partial charge on any atom is 0.407 e. The Bertz CT molecular complexity index is 1310. The van der Waals surface area contributed by atoms with Gasteiger partial charge in [-0.2, -0.15) is 0 Å². The highest BCUT2D eigenvalue weighted by molar-refractivity contribution is 5.83. The fourth-order valence-corrected chi connectivity index (χ4v) is 4.83. The van der Waals surface area contributed by atoms with E-state index in [0.29, 0.717) is 13.2 Å². The van der Waals surface area contributed by atoms with Crippen LogP contribution in [0.4, 0.5) is 4.79 Å². The molecule has 5 rings (SSSR count). The van der Waals surface area contributed by atoms with Crippen LogP contribution >= 0.6 is 0 Å². The van der Waals surface area contributed by atoms with Gasteiger partial charge in [0.05, 0.1) is 0 Å². The maximum atomic E-state index is 12.1. The van der Waals surface area contributed by atoms with Gasteiger partial charge < -0.3 is 19.8 Å². The third kappa shape index (κ3) is 7.15. The Morgan fingerprint density at radius 1 is 0.921 bits per heavy atom. The van der Waals surface area contributed by atoms with E-state index in [9.17, 15) is 4.79 Å². The minimum Gasteiger partial charge on any atom is -0.457 e. The summed E-state index contributed by atoms with van der Waals surface area (Å²) in [5.41, 5.74) is 4.84. The number of benzene rings is 3. The predicted octanol–water partition coefficient (Wildman–Crippen LogP) is 5.36. The molecule has 4 aromatic rings. The number of amides is 1. The second-order valence-corrected chi connectivity index (χ2v) is 9.85. The summed E-state index contributed by atoms with van der Waals surface area (Å²) < 4.78 is 11.3. The predicted molar refractivity (Wildman–Crippen MR) is 151 cm³/mol. The number of alkyl carbamates (subject to hydrolysis) is 1. The lowest BCUT2D eigenvalue weighted by molar-refractivity contribution is 0.0928. The molecule has 2 N–H and O–H groups in total. The number of hydrogen-bond acceptors (Lipinski definition) is 5. The van der Waals surface area contributed by atoms with Crippen LogP contribution in [0.25, 0.3) is 10.9 Å². The van der Waals surface area contributed by atoms with Crippen molar-refractivity contribution in [2.75, 3.05) is 45.9 Å². The minimum atomic E-state index is -0.348. The maximum absolute atomic E-state index is 12.1. The molecule has 0 aliphatic carbocycles. The number of aryl methyl sites for hydroxylation is 1. The highest BCUT2D eigenvalue weighted by Gasteiger charge is 2.17. The molecule has 1 amide bonds. The highest BCUT2D eigenvalue weighted by atomic mass is 16.5. The van der Waals surface area contributed by atoms with Gasteiger partial charge in [-0.3, -0.25) is 9.80 Å². The topological polar surface area (TPSA) is 69.8 Å². The number of rotatable bonds is 10. The first-order chi connectivity index (χ1) is 18.6. The van der Waals surface area contributed by atoms with E-state index in [-0.39, 0.29) is 6.09 Å². The van der Waals surface area contributed by atoms with Crippen molar-refractivity contribution in [2.24, 2.45) is 0 Å². The second kappa shape index (κ2) is 12.6. The molecule has 0 radical (unpaired) electrons. The third-order valence-electron chi connectivity index (χ3n) is 7.00. The Morgan fingerprint density at radius 2 is 1.66 bits per heavy atom. The van der Waals surface area contributed by atoms with Gasteiger partial charge in [0, 0.05) is 62.9 Å². The molecule has 0 atom stereocenters. The minimum absolute atomic E-state index is 0.348. The van der Waals surface area contributed by atoms with Crippen LogP contribution in [-0.4, -0.2) is 66.8 Å². The first kappa shape index (κ1) is 25.8. The Labute approximate surface area is 224 Å². The first-order valence-electron chi connectivity index (χ1n) is 13.4. The zero-order valence-electron chi connectivity index (χ0n) is 22.0. The van der Waals surface area contributed by atoms with Gasteiger partial charge >= 0.3 is 6.09 Å². The fourth-order valence-electron chi connectivity index (χ4n) is 4.83. The van der Waals surface area contributed by atoms with Gasteiger partial charge in [0.25, 0.3) is 0 Å². The number of aromatic amines is 1. The Hall–Kier alpha value is -3.81. The number of nitrogens with one attached hydrogen (secondary N) is 2. The van der Waals surface area contributed by atoms with E-state index in [1.165, 1.54) is 22.1 Å². The van der Waals surface area contributed by atoms with E-state index < -0.39 is 0 Å². The van der Waals surface area contributed by atoms with Crippen molar-refractivity contribution in [2.45, 2.75) is 19.9 Å². The van der Waals surface area contributed by atoms with Crippen molar-refractivity contribution >= 4 is 17.0 Å². The molecule has 7 heteroatoms. The number of carbonyl (C=O) groups is 1. The third-order valence-corrected chi connectivity index (χ3v) is 7.00. The van der Waals surface area contributed by atoms with Crippen LogP contribution in [0, 0.1) is 6.92 Å². The van der Waals surface area contributed by atoms with Gasteiger partial charge in [0.15, 0.2) is 0 Å². The summed E-state index contributed by atoms with van der Waals surface area (Å²) in [4.78, 5) is 20.2. The Morgan fingerprint density at radius 3 is 2.45 bits per heavy atom. The van der Waals surface area contributed by atoms with Crippen molar-refractivity contribution in [3.63, 3.8) is 0 Å². The van der Waals surface area contributed by atoms with Crippen LogP contribution in [0.2, 0.25) is 0 Å². The molecule has 1 fully saturated rings. The normalized spacial score (nSPS) is 14.4. The van der Waals surface area contributed by atoms with E-state index in [1.54, 1.807) is 0 Å². The van der Waals surface area contributed by atoms with Crippen molar-refractivity contribution < 1.29 is 14.3 Å². The van der Waals surface area contributed by atoms with Gasteiger partial charge in [-0.1, -0.05) is 42.0 Å². The van der Waals surface area contributed by atoms with E-state index in [2.05, 4.69) is 57.4 Å². The summed E-state index contributed by atoms with van der Waals surface area (Å²) in [6.07, 6.45) is 2.44. The molecule has 38 heavy (non-hydrogen) atoms. The van der Waals surface area contributed by atoms with Crippen molar-refractivity contribution in [3.8, 4) is 11.5 Å². The van der Waals surface area contributed by atoms with E-state index in [0.717, 1.165) is 62.7 Å². The van der Waals surface area contributed by atoms with E-state index in [1.807, 2.05) is 48.7 Å². The van der Waals surface area contributed by atoms with Crippen LogP contribution < -0.4 is 10.1 Å². The van der Waals surface area contributed by atoms with E-state index in [4.69, 9.17) is 9.47 Å². The molecule has 1 aliphatic heterocycles. The molecule has 1 saturated heterocycles. The number of piperazine rings is 1. The van der Waals surface area contributed by atoms with Gasteiger partial charge in [0.1, 0.15) is 18.1 Å². The van der Waals surface area contributed by atoms with E-state index >= 15 is 0 Å². The zero-order chi connectivity index (χ0) is 26.2. The average molecular weight is 513 g/mol. The molecule has 0 bridgehead atoms. The monoisotopic (exact) mass is 512 g/mol. The molecule has 2 heterocycles. The molecule has 0 spiro atoms. The van der Waals surface area contributed by atoms with Crippen molar-refractivity contribution in [1.29, 1.82) is 0 Å². The molecular weight excluding hydrogens is 476 g/mol. The SMILES string of the molecule is Cc1ccc2[nH]cc(CCNC(=O)OCCN3CCN(Cc4ccc(Oc5ccccc5)cc4)CC3)c2c1. The number of carbonyl (C=O) groups excluding carboxylic acids is 1. The largest absolute Gasteiger partial charge is 0.457 e. The summed E-state index contributed by atoms with van der Waals surface area (Å²) in [6, 6.07) is 24.5. The van der Waals surface area contributed by atoms with Gasteiger partial charge in [-0.05, 0) is 60.9 Å². The molecule has 0 saturated carbocycles. The van der Waals surface area contributed by atoms with Crippen LogP contribution in [0.5, 0.6) is 11.5 Å².